The van der Waals surface area contributed by atoms with Crippen LogP contribution in [0.15, 0.2) is 12.1 Å². The Morgan fingerprint density at radius 1 is 1.45 bits per heavy atom. The Labute approximate surface area is 123 Å². The number of carbonyl (C=O) groups is 1. The van der Waals surface area contributed by atoms with Gasteiger partial charge in [0, 0.05) is 0 Å². The van der Waals surface area contributed by atoms with Gasteiger partial charge in [-0.25, -0.2) is 4.79 Å². The first-order valence-electron chi connectivity index (χ1n) is 6.43. The van der Waals surface area contributed by atoms with E-state index < -0.39 is 12.1 Å². The van der Waals surface area contributed by atoms with Crippen molar-refractivity contribution in [2.45, 2.75) is 26.4 Å². The standard InChI is InChI=1S/C14H20ClNO4/c1-4-19-14(17)9(2)20-13-11(15)7-10(5-6-16)8-12(13)18-3/h7-9H,4-6,16H2,1-3H3. The first-order chi connectivity index (χ1) is 9.53. The van der Waals surface area contributed by atoms with Crippen LogP contribution in [0.4, 0.5) is 0 Å². The van der Waals surface area contributed by atoms with Crippen LogP contribution in [0.25, 0.3) is 0 Å². The van der Waals surface area contributed by atoms with E-state index in [0.717, 1.165) is 5.56 Å². The van der Waals surface area contributed by atoms with E-state index in [9.17, 15) is 4.79 Å². The topological polar surface area (TPSA) is 70.8 Å². The highest BCUT2D eigenvalue weighted by molar-refractivity contribution is 6.32. The summed E-state index contributed by atoms with van der Waals surface area (Å²) in [6.45, 7) is 4.15. The Hall–Kier alpha value is -1.46. The van der Waals surface area contributed by atoms with Gasteiger partial charge in [0.2, 0.25) is 0 Å². The molecule has 1 unspecified atom stereocenters. The van der Waals surface area contributed by atoms with Crippen LogP contribution in [0.2, 0.25) is 5.02 Å². The van der Waals surface area contributed by atoms with Gasteiger partial charge < -0.3 is 19.9 Å². The molecule has 1 rings (SSSR count). The number of carbonyl (C=O) groups excluding carboxylic acids is 1. The van der Waals surface area contributed by atoms with Crippen molar-refractivity contribution in [3.8, 4) is 11.5 Å². The molecule has 0 heterocycles. The third kappa shape index (κ3) is 4.28. The smallest absolute Gasteiger partial charge is 0.347 e. The molecule has 0 aliphatic carbocycles. The number of rotatable bonds is 7. The lowest BCUT2D eigenvalue weighted by Gasteiger charge is -2.17. The minimum Gasteiger partial charge on any atom is -0.493 e. The third-order valence-electron chi connectivity index (χ3n) is 2.64. The maximum absolute atomic E-state index is 11.6. The van der Waals surface area contributed by atoms with Crippen LogP contribution in [-0.2, 0) is 16.0 Å². The number of hydrogen-bond donors (Lipinski definition) is 1. The van der Waals surface area contributed by atoms with Gasteiger partial charge in [0.15, 0.2) is 17.6 Å². The predicted octanol–water partition coefficient (Wildman–Crippen LogP) is 2.18. The average molecular weight is 302 g/mol. The van der Waals surface area contributed by atoms with E-state index in [2.05, 4.69) is 0 Å². The van der Waals surface area contributed by atoms with Gasteiger partial charge in [-0.2, -0.15) is 0 Å². The molecule has 20 heavy (non-hydrogen) atoms. The van der Waals surface area contributed by atoms with E-state index >= 15 is 0 Å². The summed E-state index contributed by atoms with van der Waals surface area (Å²) in [7, 11) is 1.51. The SMILES string of the molecule is CCOC(=O)C(C)Oc1c(Cl)cc(CCN)cc1OC. The highest BCUT2D eigenvalue weighted by atomic mass is 35.5. The van der Waals surface area contributed by atoms with Crippen molar-refractivity contribution in [3.63, 3.8) is 0 Å². The molecule has 0 spiro atoms. The van der Waals surface area contributed by atoms with Crippen molar-refractivity contribution in [2.75, 3.05) is 20.3 Å². The molecular weight excluding hydrogens is 282 g/mol. The molecule has 0 radical (unpaired) electrons. The van der Waals surface area contributed by atoms with Gasteiger partial charge in [-0.3, -0.25) is 0 Å². The van der Waals surface area contributed by atoms with Crippen molar-refractivity contribution >= 4 is 17.6 Å². The van der Waals surface area contributed by atoms with Gasteiger partial charge in [-0.1, -0.05) is 11.6 Å². The molecule has 0 saturated heterocycles. The number of methoxy groups -OCH3 is 1. The second-order valence-corrected chi connectivity index (χ2v) is 4.57. The summed E-state index contributed by atoms with van der Waals surface area (Å²) in [4.78, 5) is 11.6. The summed E-state index contributed by atoms with van der Waals surface area (Å²) < 4.78 is 15.7. The molecule has 112 valence electrons. The van der Waals surface area contributed by atoms with Crippen LogP contribution in [-0.4, -0.2) is 32.3 Å². The van der Waals surface area contributed by atoms with Crippen LogP contribution in [0.5, 0.6) is 11.5 Å². The van der Waals surface area contributed by atoms with Crippen LogP contribution in [0.3, 0.4) is 0 Å². The summed E-state index contributed by atoms with van der Waals surface area (Å²) in [6, 6.07) is 3.55. The second kappa shape index (κ2) is 7.97. The Morgan fingerprint density at radius 3 is 2.70 bits per heavy atom. The maximum Gasteiger partial charge on any atom is 0.347 e. The number of benzene rings is 1. The lowest BCUT2D eigenvalue weighted by Crippen LogP contribution is -2.26. The molecule has 0 bridgehead atoms. The molecule has 1 aromatic carbocycles. The first kappa shape index (κ1) is 16.6. The summed E-state index contributed by atoms with van der Waals surface area (Å²) in [5.74, 6) is 0.351. The normalized spacial score (nSPS) is 11.8. The van der Waals surface area contributed by atoms with Crippen LogP contribution >= 0.6 is 11.6 Å². The number of ether oxygens (including phenoxy) is 3. The van der Waals surface area contributed by atoms with Gasteiger partial charge in [-0.05, 0) is 44.5 Å². The van der Waals surface area contributed by atoms with Crippen molar-refractivity contribution in [3.05, 3.63) is 22.7 Å². The zero-order chi connectivity index (χ0) is 15.1. The summed E-state index contributed by atoms with van der Waals surface area (Å²) in [5, 5.41) is 0.379. The summed E-state index contributed by atoms with van der Waals surface area (Å²) in [5.41, 5.74) is 6.47. The van der Waals surface area contributed by atoms with Crippen molar-refractivity contribution < 1.29 is 19.0 Å². The number of esters is 1. The number of hydrogen-bond acceptors (Lipinski definition) is 5. The minimum absolute atomic E-state index is 0.298. The molecule has 6 heteroatoms. The quantitative estimate of drug-likeness (QED) is 0.782. The fraction of sp³-hybridized carbons (Fsp3) is 0.500. The molecule has 2 N–H and O–H groups in total. The van der Waals surface area contributed by atoms with Crippen LogP contribution in [0.1, 0.15) is 19.4 Å². The second-order valence-electron chi connectivity index (χ2n) is 4.16. The maximum atomic E-state index is 11.6. The highest BCUT2D eigenvalue weighted by Gasteiger charge is 2.20. The Bertz CT molecular complexity index is 465. The Balaban J connectivity index is 2.96. The zero-order valence-electron chi connectivity index (χ0n) is 11.9. The fourth-order valence-corrected chi connectivity index (χ4v) is 1.96. The van der Waals surface area contributed by atoms with E-state index in [1.165, 1.54) is 7.11 Å². The van der Waals surface area contributed by atoms with Crippen LogP contribution in [0, 0.1) is 0 Å². The molecule has 0 amide bonds. The zero-order valence-corrected chi connectivity index (χ0v) is 12.7. The molecule has 5 nitrogen and oxygen atoms in total. The van der Waals surface area contributed by atoms with Crippen molar-refractivity contribution in [1.29, 1.82) is 0 Å². The molecular formula is C14H20ClNO4. The average Bonchev–Trinajstić information content (AvgIpc) is 2.41. The van der Waals surface area contributed by atoms with Gasteiger partial charge in [-0.15, -0.1) is 0 Å². The molecule has 0 aromatic heterocycles. The van der Waals surface area contributed by atoms with Gasteiger partial charge in [0.25, 0.3) is 0 Å². The van der Waals surface area contributed by atoms with Gasteiger partial charge in [0.05, 0.1) is 18.7 Å². The largest absolute Gasteiger partial charge is 0.493 e. The molecule has 0 aliphatic heterocycles. The first-order valence-corrected chi connectivity index (χ1v) is 6.81. The third-order valence-corrected chi connectivity index (χ3v) is 2.92. The van der Waals surface area contributed by atoms with Crippen molar-refractivity contribution in [2.24, 2.45) is 5.73 Å². The fourth-order valence-electron chi connectivity index (χ4n) is 1.68. The lowest BCUT2D eigenvalue weighted by atomic mass is 10.1. The molecule has 1 atom stereocenters. The molecule has 0 fully saturated rings. The van der Waals surface area contributed by atoms with Gasteiger partial charge >= 0.3 is 5.97 Å². The predicted molar refractivity (Wildman–Crippen MR) is 77.5 cm³/mol. The van der Waals surface area contributed by atoms with Crippen molar-refractivity contribution in [1.82, 2.24) is 0 Å². The molecule has 0 aliphatic rings. The van der Waals surface area contributed by atoms with E-state index in [1.807, 2.05) is 0 Å². The highest BCUT2D eigenvalue weighted by Crippen LogP contribution is 2.37. The summed E-state index contributed by atoms with van der Waals surface area (Å²) in [6.07, 6.45) is -0.0780. The Morgan fingerprint density at radius 2 is 2.15 bits per heavy atom. The lowest BCUT2D eigenvalue weighted by molar-refractivity contribution is -0.150. The van der Waals surface area contributed by atoms with E-state index in [1.54, 1.807) is 26.0 Å². The summed E-state index contributed by atoms with van der Waals surface area (Å²) >= 11 is 6.18. The van der Waals surface area contributed by atoms with E-state index in [0.29, 0.717) is 36.1 Å². The van der Waals surface area contributed by atoms with Gasteiger partial charge in [0.1, 0.15) is 0 Å². The number of nitrogens with two attached hydrogens (primary N) is 1. The monoisotopic (exact) mass is 301 g/mol. The molecule has 0 saturated carbocycles. The molecule has 1 aromatic rings. The van der Waals surface area contributed by atoms with E-state index in [4.69, 9.17) is 31.5 Å². The minimum atomic E-state index is -0.762. The van der Waals surface area contributed by atoms with Crippen LogP contribution < -0.4 is 15.2 Å². The van der Waals surface area contributed by atoms with E-state index in [-0.39, 0.29) is 0 Å². The number of halogens is 1. The Kier molecular flexibility index (Phi) is 6.61.